The summed E-state index contributed by atoms with van der Waals surface area (Å²) in [7, 11) is 1.74. The van der Waals surface area contributed by atoms with E-state index in [9.17, 15) is 4.79 Å². The van der Waals surface area contributed by atoms with Crippen molar-refractivity contribution in [2.75, 3.05) is 13.6 Å². The maximum absolute atomic E-state index is 10.6. The molecule has 0 radical (unpaired) electrons. The van der Waals surface area contributed by atoms with Crippen LogP contribution in [0.3, 0.4) is 0 Å². The van der Waals surface area contributed by atoms with Crippen LogP contribution in [0.15, 0.2) is 0 Å². The van der Waals surface area contributed by atoms with E-state index in [-0.39, 0.29) is 5.78 Å². The summed E-state index contributed by atoms with van der Waals surface area (Å²) in [5.74, 6) is 2.58. The minimum Gasteiger partial charge on any atom is -0.313 e. The molecule has 0 aliphatic heterocycles. The van der Waals surface area contributed by atoms with Crippen molar-refractivity contribution < 1.29 is 4.79 Å². The van der Waals surface area contributed by atoms with E-state index < -0.39 is 0 Å². The number of ketones is 1. The molecule has 0 spiro atoms. The van der Waals surface area contributed by atoms with Gasteiger partial charge in [0.1, 0.15) is 5.78 Å². The average molecular weight is 125 g/mol. The maximum atomic E-state index is 10.6. The first kappa shape index (κ1) is 8.19. The molecule has 0 heterocycles. The van der Waals surface area contributed by atoms with E-state index in [1.807, 2.05) is 0 Å². The zero-order chi connectivity index (χ0) is 7.11. The largest absolute Gasteiger partial charge is 0.313 e. The van der Waals surface area contributed by atoms with Crippen LogP contribution in [0.2, 0.25) is 0 Å². The lowest BCUT2D eigenvalue weighted by Gasteiger charge is -1.93. The van der Waals surface area contributed by atoms with Crippen LogP contribution < -0.4 is 5.32 Å². The van der Waals surface area contributed by atoms with Crippen LogP contribution in [-0.2, 0) is 4.79 Å². The smallest absolute Gasteiger partial charge is 0.147 e. The first-order valence-corrected chi connectivity index (χ1v) is 2.91. The van der Waals surface area contributed by atoms with Gasteiger partial charge in [-0.05, 0) is 7.05 Å². The molecule has 1 N–H and O–H groups in total. The van der Waals surface area contributed by atoms with Crippen molar-refractivity contribution in [3.05, 3.63) is 0 Å². The quantitative estimate of drug-likeness (QED) is 0.543. The Bertz CT molecular complexity index is 123. The molecule has 0 saturated carbocycles. The molecular weight excluding hydrogens is 114 g/mol. The number of terminal acetylenes is 1. The van der Waals surface area contributed by atoms with Gasteiger partial charge >= 0.3 is 0 Å². The van der Waals surface area contributed by atoms with Crippen LogP contribution >= 0.6 is 0 Å². The van der Waals surface area contributed by atoms with Gasteiger partial charge in [0.25, 0.3) is 0 Å². The Kier molecular flexibility index (Phi) is 4.85. The monoisotopic (exact) mass is 125 g/mol. The molecule has 2 heteroatoms. The Morgan fingerprint density at radius 1 is 1.78 bits per heavy atom. The van der Waals surface area contributed by atoms with Gasteiger partial charge in [0.05, 0.1) is 6.54 Å². The fourth-order valence-corrected chi connectivity index (χ4v) is 0.497. The van der Waals surface area contributed by atoms with Crippen LogP contribution in [0.4, 0.5) is 0 Å². The first-order valence-electron chi connectivity index (χ1n) is 2.91. The van der Waals surface area contributed by atoms with E-state index >= 15 is 0 Å². The Labute approximate surface area is 55.6 Å². The van der Waals surface area contributed by atoms with Gasteiger partial charge in [0, 0.05) is 12.8 Å². The summed E-state index contributed by atoms with van der Waals surface area (Å²) in [4.78, 5) is 10.6. The van der Waals surface area contributed by atoms with E-state index in [1.54, 1.807) is 7.05 Å². The molecular formula is C7H11NO. The van der Waals surface area contributed by atoms with Gasteiger partial charge in [-0.3, -0.25) is 4.79 Å². The van der Waals surface area contributed by atoms with Gasteiger partial charge in [-0.15, -0.1) is 12.3 Å². The second-order valence-corrected chi connectivity index (χ2v) is 1.77. The number of Topliss-reactive ketones (excluding diaryl/α,β-unsaturated/α-hetero) is 1. The summed E-state index contributed by atoms with van der Waals surface area (Å²) in [6.45, 7) is 0.432. The number of hydrogen-bond donors (Lipinski definition) is 1. The third-order valence-electron chi connectivity index (χ3n) is 0.922. The zero-order valence-corrected chi connectivity index (χ0v) is 5.61. The van der Waals surface area contributed by atoms with E-state index in [4.69, 9.17) is 6.42 Å². The molecule has 9 heavy (non-hydrogen) atoms. The first-order chi connectivity index (χ1) is 4.31. The van der Waals surface area contributed by atoms with E-state index in [1.165, 1.54) is 0 Å². The van der Waals surface area contributed by atoms with Crippen molar-refractivity contribution in [1.82, 2.24) is 5.32 Å². The fourth-order valence-electron chi connectivity index (χ4n) is 0.497. The van der Waals surface area contributed by atoms with Crippen molar-refractivity contribution in [2.45, 2.75) is 12.8 Å². The number of likely N-dealkylation sites (N-methyl/N-ethyl adjacent to an activating group) is 1. The summed E-state index contributed by atoms with van der Waals surface area (Å²) >= 11 is 0. The molecule has 50 valence electrons. The predicted molar refractivity (Wildman–Crippen MR) is 37.0 cm³/mol. The molecule has 0 saturated heterocycles. The van der Waals surface area contributed by atoms with Crippen molar-refractivity contribution in [3.63, 3.8) is 0 Å². The third kappa shape index (κ3) is 5.05. The van der Waals surface area contributed by atoms with E-state index in [0.717, 1.165) is 0 Å². The number of rotatable bonds is 4. The van der Waals surface area contributed by atoms with Crippen molar-refractivity contribution in [2.24, 2.45) is 0 Å². The normalized spacial score (nSPS) is 8.44. The summed E-state index contributed by atoms with van der Waals surface area (Å²) < 4.78 is 0. The highest BCUT2D eigenvalue weighted by molar-refractivity contribution is 5.80. The molecule has 0 aromatic heterocycles. The molecule has 0 aliphatic rings. The Morgan fingerprint density at radius 2 is 2.44 bits per heavy atom. The number of carbonyl (C=O) groups is 1. The second-order valence-electron chi connectivity index (χ2n) is 1.77. The topological polar surface area (TPSA) is 29.1 Å². The number of hydrogen-bond acceptors (Lipinski definition) is 2. The third-order valence-corrected chi connectivity index (χ3v) is 0.922. The van der Waals surface area contributed by atoms with Crippen LogP contribution in [0.25, 0.3) is 0 Å². The second kappa shape index (κ2) is 5.33. The molecule has 0 aromatic rings. The van der Waals surface area contributed by atoms with E-state index in [0.29, 0.717) is 19.4 Å². The Hall–Kier alpha value is -0.810. The summed E-state index contributed by atoms with van der Waals surface area (Å²) in [6, 6.07) is 0. The highest BCUT2D eigenvalue weighted by Crippen LogP contribution is 1.85. The molecule has 0 bridgehead atoms. The van der Waals surface area contributed by atoms with Crippen LogP contribution in [0, 0.1) is 12.3 Å². The predicted octanol–water partition coefficient (Wildman–Crippen LogP) is 0.188. The Morgan fingerprint density at radius 3 is 2.89 bits per heavy atom. The Balaban J connectivity index is 3.19. The van der Waals surface area contributed by atoms with Crippen LogP contribution in [0.5, 0.6) is 0 Å². The van der Waals surface area contributed by atoms with Gasteiger partial charge < -0.3 is 5.32 Å². The standard InChI is InChI=1S/C7H11NO/c1-3-4-5-7(9)6-8-2/h1,8H,4-6H2,2H3. The van der Waals surface area contributed by atoms with Crippen LogP contribution in [0.1, 0.15) is 12.8 Å². The van der Waals surface area contributed by atoms with Crippen molar-refractivity contribution >= 4 is 5.78 Å². The van der Waals surface area contributed by atoms with Gasteiger partial charge in [-0.25, -0.2) is 0 Å². The number of carbonyl (C=O) groups excluding carboxylic acids is 1. The van der Waals surface area contributed by atoms with Gasteiger partial charge in [0.2, 0.25) is 0 Å². The fraction of sp³-hybridized carbons (Fsp3) is 0.571. The minimum atomic E-state index is 0.176. The number of nitrogens with one attached hydrogen (secondary N) is 1. The van der Waals surface area contributed by atoms with Crippen molar-refractivity contribution in [1.29, 1.82) is 0 Å². The summed E-state index contributed by atoms with van der Waals surface area (Å²) in [5.41, 5.74) is 0. The highest BCUT2D eigenvalue weighted by atomic mass is 16.1. The summed E-state index contributed by atoms with van der Waals surface area (Å²) in [5, 5.41) is 2.76. The molecule has 0 unspecified atom stereocenters. The van der Waals surface area contributed by atoms with Gasteiger partial charge in [0.15, 0.2) is 0 Å². The lowest BCUT2D eigenvalue weighted by atomic mass is 10.2. The van der Waals surface area contributed by atoms with E-state index in [2.05, 4.69) is 11.2 Å². The molecule has 0 rings (SSSR count). The molecule has 2 nitrogen and oxygen atoms in total. The molecule has 0 fully saturated rings. The van der Waals surface area contributed by atoms with Gasteiger partial charge in [-0.1, -0.05) is 0 Å². The molecule has 0 atom stereocenters. The zero-order valence-electron chi connectivity index (χ0n) is 5.61. The summed E-state index contributed by atoms with van der Waals surface area (Å²) in [6.07, 6.45) is 6.00. The average Bonchev–Trinajstić information content (AvgIpc) is 1.85. The van der Waals surface area contributed by atoms with Crippen molar-refractivity contribution in [3.8, 4) is 12.3 Å². The van der Waals surface area contributed by atoms with Gasteiger partial charge in [-0.2, -0.15) is 0 Å². The molecule has 0 aromatic carbocycles. The highest BCUT2D eigenvalue weighted by Gasteiger charge is 1.95. The lowest BCUT2D eigenvalue weighted by molar-refractivity contribution is -0.118. The molecule has 0 amide bonds. The SMILES string of the molecule is C#CCCC(=O)CNC. The molecule has 0 aliphatic carbocycles. The lowest BCUT2D eigenvalue weighted by Crippen LogP contribution is -2.17. The minimum absolute atomic E-state index is 0.176. The maximum Gasteiger partial charge on any atom is 0.147 e. The van der Waals surface area contributed by atoms with Crippen LogP contribution in [-0.4, -0.2) is 19.4 Å².